The fraction of sp³-hybridized carbons (Fsp3) is 0.417. The van der Waals surface area contributed by atoms with E-state index in [1.165, 1.54) is 6.07 Å². The lowest BCUT2D eigenvalue weighted by atomic mass is 9.91. The molecule has 1 N–H and O–H groups in total. The molecule has 1 aliphatic heterocycles. The summed E-state index contributed by atoms with van der Waals surface area (Å²) in [5.41, 5.74) is 0.108. The standard InChI is InChI=1S/C12H13ClFNO/c1-12(6-5-11(16)15-12)7-8-9(13)3-2-4-10(8)14/h2-4H,5-7H2,1H3,(H,15,16). The summed E-state index contributed by atoms with van der Waals surface area (Å²) in [5, 5.41) is 3.29. The maximum absolute atomic E-state index is 13.6. The Hall–Kier alpha value is -1.09. The van der Waals surface area contributed by atoms with Crippen LogP contribution in [0.2, 0.25) is 5.02 Å². The summed E-state index contributed by atoms with van der Waals surface area (Å²) in [6.45, 7) is 1.92. The van der Waals surface area contributed by atoms with Crippen LogP contribution in [0.15, 0.2) is 18.2 Å². The van der Waals surface area contributed by atoms with Crippen LogP contribution in [0.1, 0.15) is 25.3 Å². The number of halogens is 2. The molecule has 4 heteroatoms. The molecule has 0 aliphatic carbocycles. The van der Waals surface area contributed by atoms with Gasteiger partial charge >= 0.3 is 0 Å². The minimum atomic E-state index is -0.372. The highest BCUT2D eigenvalue weighted by atomic mass is 35.5. The molecule has 1 aromatic carbocycles. The summed E-state index contributed by atoms with van der Waals surface area (Å²) < 4.78 is 13.6. The van der Waals surface area contributed by atoms with Gasteiger partial charge in [-0.25, -0.2) is 4.39 Å². The van der Waals surface area contributed by atoms with Gasteiger partial charge in [-0.15, -0.1) is 0 Å². The van der Waals surface area contributed by atoms with Crippen LogP contribution in [0.5, 0.6) is 0 Å². The van der Waals surface area contributed by atoms with Crippen molar-refractivity contribution in [2.75, 3.05) is 0 Å². The fourth-order valence-corrected chi connectivity index (χ4v) is 2.30. The monoisotopic (exact) mass is 241 g/mol. The summed E-state index contributed by atoms with van der Waals surface area (Å²) >= 11 is 5.95. The van der Waals surface area contributed by atoms with Gasteiger partial charge in [-0.3, -0.25) is 4.79 Å². The van der Waals surface area contributed by atoms with E-state index in [4.69, 9.17) is 11.6 Å². The summed E-state index contributed by atoms with van der Waals surface area (Å²) in [4.78, 5) is 11.2. The normalized spacial score (nSPS) is 24.6. The Labute approximate surface area is 98.8 Å². The van der Waals surface area contributed by atoms with Crippen molar-refractivity contribution in [1.82, 2.24) is 5.32 Å². The van der Waals surface area contributed by atoms with Gasteiger partial charge in [-0.2, -0.15) is 0 Å². The minimum Gasteiger partial charge on any atom is -0.351 e. The smallest absolute Gasteiger partial charge is 0.220 e. The second-order valence-electron chi connectivity index (χ2n) is 4.49. The Kier molecular flexibility index (Phi) is 2.89. The van der Waals surface area contributed by atoms with E-state index in [0.29, 0.717) is 23.4 Å². The molecule has 1 aromatic rings. The zero-order chi connectivity index (χ0) is 11.8. The van der Waals surface area contributed by atoms with Crippen LogP contribution in [0.25, 0.3) is 0 Å². The van der Waals surface area contributed by atoms with Crippen molar-refractivity contribution in [3.63, 3.8) is 0 Å². The molecule has 2 rings (SSSR count). The van der Waals surface area contributed by atoms with E-state index in [9.17, 15) is 9.18 Å². The second-order valence-corrected chi connectivity index (χ2v) is 4.89. The molecule has 2 nitrogen and oxygen atoms in total. The number of carbonyl (C=O) groups excluding carboxylic acids is 1. The van der Waals surface area contributed by atoms with E-state index in [-0.39, 0.29) is 17.3 Å². The van der Waals surface area contributed by atoms with Crippen LogP contribution in [0, 0.1) is 5.82 Å². The first-order valence-corrected chi connectivity index (χ1v) is 5.62. The van der Waals surface area contributed by atoms with Crippen molar-refractivity contribution in [1.29, 1.82) is 0 Å². The van der Waals surface area contributed by atoms with Gasteiger partial charge in [0.05, 0.1) is 0 Å². The lowest BCUT2D eigenvalue weighted by Crippen LogP contribution is -2.40. The first-order valence-electron chi connectivity index (χ1n) is 5.24. The third-order valence-corrected chi connectivity index (χ3v) is 3.33. The van der Waals surface area contributed by atoms with Crippen molar-refractivity contribution < 1.29 is 9.18 Å². The highest BCUT2D eigenvalue weighted by Crippen LogP contribution is 2.29. The molecule has 1 aliphatic rings. The van der Waals surface area contributed by atoms with Crippen molar-refractivity contribution in [2.45, 2.75) is 31.7 Å². The van der Waals surface area contributed by atoms with Gasteiger partial charge in [-0.1, -0.05) is 17.7 Å². The molecule has 1 fully saturated rings. The van der Waals surface area contributed by atoms with Gasteiger partial charge in [0, 0.05) is 22.5 Å². The minimum absolute atomic E-state index is 0.0231. The van der Waals surface area contributed by atoms with Gasteiger partial charge in [0.1, 0.15) is 5.82 Å². The first kappa shape index (κ1) is 11.4. The Morgan fingerprint density at radius 2 is 2.31 bits per heavy atom. The van der Waals surface area contributed by atoms with E-state index in [0.717, 1.165) is 6.42 Å². The average Bonchev–Trinajstić information content (AvgIpc) is 2.53. The number of benzene rings is 1. The fourth-order valence-electron chi connectivity index (χ4n) is 2.07. The van der Waals surface area contributed by atoms with Crippen LogP contribution in [-0.4, -0.2) is 11.4 Å². The van der Waals surface area contributed by atoms with E-state index in [1.54, 1.807) is 12.1 Å². The van der Waals surface area contributed by atoms with E-state index < -0.39 is 0 Å². The molecular weight excluding hydrogens is 229 g/mol. The molecule has 1 atom stereocenters. The summed E-state index contributed by atoms with van der Waals surface area (Å²) in [7, 11) is 0. The summed E-state index contributed by atoms with van der Waals surface area (Å²) in [5.74, 6) is -0.287. The number of nitrogens with one attached hydrogen (secondary N) is 1. The third kappa shape index (κ3) is 2.19. The lowest BCUT2D eigenvalue weighted by Gasteiger charge is -2.24. The number of hydrogen-bond acceptors (Lipinski definition) is 1. The Morgan fingerprint density at radius 1 is 1.56 bits per heavy atom. The number of amides is 1. The molecule has 0 spiro atoms. The molecule has 0 bridgehead atoms. The van der Waals surface area contributed by atoms with Gasteiger partial charge in [-0.05, 0) is 31.9 Å². The van der Waals surface area contributed by atoms with E-state index in [2.05, 4.69) is 5.32 Å². The largest absolute Gasteiger partial charge is 0.351 e. The van der Waals surface area contributed by atoms with Crippen molar-refractivity contribution in [3.05, 3.63) is 34.6 Å². The van der Waals surface area contributed by atoms with Gasteiger partial charge < -0.3 is 5.32 Å². The van der Waals surface area contributed by atoms with E-state index in [1.807, 2.05) is 6.92 Å². The van der Waals surface area contributed by atoms with Crippen LogP contribution in [0.4, 0.5) is 4.39 Å². The van der Waals surface area contributed by atoms with Crippen LogP contribution < -0.4 is 5.32 Å². The summed E-state index contributed by atoms with van der Waals surface area (Å²) in [6.07, 6.45) is 1.66. The molecular formula is C12H13ClFNO. The first-order chi connectivity index (χ1) is 7.50. The predicted octanol–water partition coefficient (Wildman–Crippen LogP) is 2.69. The van der Waals surface area contributed by atoms with E-state index >= 15 is 0 Å². The van der Waals surface area contributed by atoms with Crippen LogP contribution in [-0.2, 0) is 11.2 Å². The molecule has 86 valence electrons. The maximum atomic E-state index is 13.6. The van der Waals surface area contributed by atoms with Crippen molar-refractivity contribution >= 4 is 17.5 Å². The number of carbonyl (C=O) groups is 1. The Morgan fingerprint density at radius 3 is 2.88 bits per heavy atom. The van der Waals surface area contributed by atoms with Gasteiger partial charge in [0.25, 0.3) is 0 Å². The lowest BCUT2D eigenvalue weighted by molar-refractivity contribution is -0.119. The molecule has 1 saturated heterocycles. The van der Waals surface area contributed by atoms with Crippen molar-refractivity contribution in [3.8, 4) is 0 Å². The molecule has 0 aromatic heterocycles. The molecule has 0 radical (unpaired) electrons. The number of rotatable bonds is 2. The molecule has 1 amide bonds. The van der Waals surface area contributed by atoms with Gasteiger partial charge in [0.15, 0.2) is 0 Å². The second kappa shape index (κ2) is 4.06. The summed E-state index contributed by atoms with van der Waals surface area (Å²) in [6, 6.07) is 4.64. The topological polar surface area (TPSA) is 29.1 Å². The zero-order valence-corrected chi connectivity index (χ0v) is 9.77. The molecule has 1 heterocycles. The zero-order valence-electron chi connectivity index (χ0n) is 9.02. The molecule has 1 unspecified atom stereocenters. The SMILES string of the molecule is CC1(Cc2c(F)cccc2Cl)CCC(=O)N1. The predicted molar refractivity (Wildman–Crippen MR) is 60.9 cm³/mol. The quantitative estimate of drug-likeness (QED) is 0.848. The van der Waals surface area contributed by atoms with Crippen LogP contribution >= 0.6 is 11.6 Å². The maximum Gasteiger partial charge on any atom is 0.220 e. The highest BCUT2D eigenvalue weighted by molar-refractivity contribution is 6.31. The van der Waals surface area contributed by atoms with Crippen LogP contribution in [0.3, 0.4) is 0 Å². The Balaban J connectivity index is 2.24. The molecule has 16 heavy (non-hydrogen) atoms. The number of hydrogen-bond donors (Lipinski definition) is 1. The molecule has 0 saturated carbocycles. The highest BCUT2D eigenvalue weighted by Gasteiger charge is 2.34. The van der Waals surface area contributed by atoms with Crippen molar-refractivity contribution in [2.24, 2.45) is 0 Å². The average molecular weight is 242 g/mol. The third-order valence-electron chi connectivity index (χ3n) is 2.97. The Bertz CT molecular complexity index is 415. The van der Waals surface area contributed by atoms with Gasteiger partial charge in [0.2, 0.25) is 5.91 Å².